The molecule has 90 valence electrons. The first-order chi connectivity index (χ1) is 7.35. The summed E-state index contributed by atoms with van der Waals surface area (Å²) in [6.07, 6.45) is 1.47. The van der Waals surface area contributed by atoms with Gasteiger partial charge >= 0.3 is 5.97 Å². The Bertz CT molecular complexity index is 312. The van der Waals surface area contributed by atoms with Gasteiger partial charge in [-0.25, -0.2) is 0 Å². The fourth-order valence-electron chi connectivity index (χ4n) is 1.98. The van der Waals surface area contributed by atoms with Crippen LogP contribution in [0.2, 0.25) is 0 Å². The van der Waals surface area contributed by atoms with Crippen LogP contribution >= 0.6 is 0 Å². The van der Waals surface area contributed by atoms with E-state index in [1.165, 1.54) is 0 Å². The molecule has 0 bridgehead atoms. The van der Waals surface area contributed by atoms with Crippen molar-refractivity contribution in [1.82, 2.24) is 10.2 Å². The molecule has 1 amide bonds. The summed E-state index contributed by atoms with van der Waals surface area (Å²) in [5.41, 5.74) is -0.267. The number of nitrogens with one attached hydrogen (secondary N) is 1. The van der Waals surface area contributed by atoms with E-state index in [0.717, 1.165) is 0 Å². The number of carbonyl (C=O) groups excluding carboxylic acids is 1. The van der Waals surface area contributed by atoms with Crippen molar-refractivity contribution in [2.75, 3.05) is 13.1 Å². The third-order valence-corrected chi connectivity index (χ3v) is 2.49. The van der Waals surface area contributed by atoms with Crippen LogP contribution < -0.4 is 5.32 Å². The van der Waals surface area contributed by atoms with Crippen LogP contribution in [0.15, 0.2) is 12.7 Å². The zero-order valence-corrected chi connectivity index (χ0v) is 9.69. The summed E-state index contributed by atoms with van der Waals surface area (Å²) < 4.78 is 0. The van der Waals surface area contributed by atoms with Gasteiger partial charge in [0.15, 0.2) is 0 Å². The molecule has 5 nitrogen and oxygen atoms in total. The number of piperazine rings is 1. The first-order valence-corrected chi connectivity index (χ1v) is 5.25. The van der Waals surface area contributed by atoms with Gasteiger partial charge in [-0.15, -0.1) is 6.58 Å². The van der Waals surface area contributed by atoms with Crippen molar-refractivity contribution < 1.29 is 14.7 Å². The lowest BCUT2D eigenvalue weighted by Gasteiger charge is -2.42. The number of hydrogen-bond donors (Lipinski definition) is 2. The Morgan fingerprint density at radius 1 is 1.75 bits per heavy atom. The van der Waals surface area contributed by atoms with E-state index in [1.54, 1.807) is 11.0 Å². The first kappa shape index (κ1) is 12.7. The molecule has 0 aliphatic carbocycles. The molecule has 5 heteroatoms. The molecule has 1 aliphatic rings. The zero-order chi connectivity index (χ0) is 12.3. The van der Waals surface area contributed by atoms with Gasteiger partial charge in [0.2, 0.25) is 5.91 Å². The fraction of sp³-hybridized carbons (Fsp3) is 0.636. The molecule has 0 aromatic heterocycles. The number of carbonyl (C=O) groups is 2. The monoisotopic (exact) mass is 226 g/mol. The van der Waals surface area contributed by atoms with Crippen LogP contribution in [0.4, 0.5) is 0 Å². The Morgan fingerprint density at radius 3 is 2.88 bits per heavy atom. The lowest BCUT2D eigenvalue weighted by molar-refractivity contribution is -0.145. The van der Waals surface area contributed by atoms with Crippen LogP contribution in [0, 0.1) is 0 Å². The SMILES string of the molecule is C=CCN1CC(C)(C)NC(CC(=O)O)C1=O. The van der Waals surface area contributed by atoms with Crippen molar-refractivity contribution in [3.8, 4) is 0 Å². The fourth-order valence-corrected chi connectivity index (χ4v) is 1.98. The van der Waals surface area contributed by atoms with Gasteiger partial charge in [0.1, 0.15) is 0 Å². The van der Waals surface area contributed by atoms with E-state index in [1.807, 2.05) is 13.8 Å². The van der Waals surface area contributed by atoms with Crippen molar-refractivity contribution in [2.24, 2.45) is 0 Å². The standard InChI is InChI=1S/C11H18N2O3/c1-4-5-13-7-11(2,3)12-8(10(13)16)6-9(14)15/h4,8,12H,1,5-7H2,2-3H3,(H,14,15). The molecule has 1 unspecified atom stereocenters. The van der Waals surface area contributed by atoms with Crippen LogP contribution in [0.1, 0.15) is 20.3 Å². The Hall–Kier alpha value is -1.36. The van der Waals surface area contributed by atoms with Crippen molar-refractivity contribution in [3.63, 3.8) is 0 Å². The van der Waals surface area contributed by atoms with E-state index in [2.05, 4.69) is 11.9 Å². The van der Waals surface area contributed by atoms with Crippen LogP contribution in [0.3, 0.4) is 0 Å². The molecule has 1 rings (SSSR count). The highest BCUT2D eigenvalue weighted by Crippen LogP contribution is 2.16. The Labute approximate surface area is 95.1 Å². The summed E-state index contributed by atoms with van der Waals surface area (Å²) >= 11 is 0. The average Bonchev–Trinajstić information content (AvgIpc) is 2.11. The average molecular weight is 226 g/mol. The number of hydrogen-bond acceptors (Lipinski definition) is 3. The summed E-state index contributed by atoms with van der Waals surface area (Å²) in [6.45, 7) is 8.51. The third kappa shape index (κ3) is 3.06. The summed E-state index contributed by atoms with van der Waals surface area (Å²) in [7, 11) is 0. The number of carboxylic acids is 1. The van der Waals surface area contributed by atoms with Gasteiger partial charge in [0.05, 0.1) is 12.5 Å². The topological polar surface area (TPSA) is 69.6 Å². The highest BCUT2D eigenvalue weighted by Gasteiger charge is 2.38. The van der Waals surface area contributed by atoms with E-state index in [-0.39, 0.29) is 17.9 Å². The minimum atomic E-state index is -0.970. The van der Waals surface area contributed by atoms with E-state index in [0.29, 0.717) is 13.1 Å². The third-order valence-electron chi connectivity index (χ3n) is 2.49. The van der Waals surface area contributed by atoms with Crippen LogP contribution in [-0.4, -0.2) is 46.6 Å². The van der Waals surface area contributed by atoms with Gasteiger partial charge in [0.25, 0.3) is 0 Å². The molecule has 16 heavy (non-hydrogen) atoms. The first-order valence-electron chi connectivity index (χ1n) is 5.25. The second kappa shape index (κ2) is 4.65. The predicted octanol–water partition coefficient (Wildman–Crippen LogP) is 0.226. The maximum absolute atomic E-state index is 11.9. The summed E-state index contributed by atoms with van der Waals surface area (Å²) in [6, 6.07) is -0.638. The maximum atomic E-state index is 11.9. The zero-order valence-electron chi connectivity index (χ0n) is 9.69. The Kier molecular flexibility index (Phi) is 3.70. The predicted molar refractivity (Wildman–Crippen MR) is 60.0 cm³/mol. The summed E-state index contributed by atoms with van der Waals surface area (Å²) in [4.78, 5) is 24.2. The van der Waals surface area contributed by atoms with Gasteiger partial charge in [-0.3, -0.25) is 14.9 Å². The second-order valence-electron chi connectivity index (χ2n) is 4.69. The lowest BCUT2D eigenvalue weighted by atomic mass is 9.96. The largest absolute Gasteiger partial charge is 0.481 e. The molecule has 0 aromatic rings. The lowest BCUT2D eigenvalue weighted by Crippen LogP contribution is -2.65. The molecule has 1 fully saturated rings. The minimum absolute atomic E-state index is 0.165. The van der Waals surface area contributed by atoms with E-state index >= 15 is 0 Å². The van der Waals surface area contributed by atoms with Gasteiger partial charge in [-0.2, -0.15) is 0 Å². The van der Waals surface area contributed by atoms with Crippen molar-refractivity contribution in [2.45, 2.75) is 31.8 Å². The Morgan fingerprint density at radius 2 is 2.38 bits per heavy atom. The molecule has 0 saturated carbocycles. The molecule has 1 heterocycles. The van der Waals surface area contributed by atoms with Crippen LogP contribution in [0.25, 0.3) is 0 Å². The van der Waals surface area contributed by atoms with E-state index < -0.39 is 12.0 Å². The van der Waals surface area contributed by atoms with Gasteiger partial charge in [-0.05, 0) is 13.8 Å². The number of carboxylic acid groups (broad SMARTS) is 1. The number of aliphatic carboxylic acids is 1. The van der Waals surface area contributed by atoms with Crippen LogP contribution in [0.5, 0.6) is 0 Å². The maximum Gasteiger partial charge on any atom is 0.305 e. The normalized spacial score (nSPS) is 24.2. The molecule has 1 aliphatic heterocycles. The quantitative estimate of drug-likeness (QED) is 0.673. The molecule has 1 atom stereocenters. The van der Waals surface area contributed by atoms with Crippen molar-refractivity contribution in [3.05, 3.63) is 12.7 Å². The smallest absolute Gasteiger partial charge is 0.305 e. The summed E-state index contributed by atoms with van der Waals surface area (Å²) in [5.74, 6) is -1.14. The molecule has 1 saturated heterocycles. The molecule has 0 spiro atoms. The molecule has 0 radical (unpaired) electrons. The molecule has 2 N–H and O–H groups in total. The van der Waals surface area contributed by atoms with Crippen LogP contribution in [-0.2, 0) is 9.59 Å². The number of nitrogens with zero attached hydrogens (tertiary/aromatic N) is 1. The van der Waals surface area contributed by atoms with Gasteiger partial charge < -0.3 is 10.0 Å². The Balaban J connectivity index is 2.80. The van der Waals surface area contributed by atoms with E-state index in [9.17, 15) is 9.59 Å². The van der Waals surface area contributed by atoms with E-state index in [4.69, 9.17) is 5.11 Å². The minimum Gasteiger partial charge on any atom is -0.481 e. The molecular formula is C11H18N2O3. The van der Waals surface area contributed by atoms with Crippen molar-refractivity contribution >= 4 is 11.9 Å². The van der Waals surface area contributed by atoms with Crippen molar-refractivity contribution in [1.29, 1.82) is 0 Å². The second-order valence-corrected chi connectivity index (χ2v) is 4.69. The van der Waals surface area contributed by atoms with Gasteiger partial charge in [0, 0.05) is 18.6 Å². The van der Waals surface area contributed by atoms with Gasteiger partial charge in [-0.1, -0.05) is 6.08 Å². The molecule has 0 aromatic carbocycles. The highest BCUT2D eigenvalue weighted by molar-refractivity contribution is 5.87. The number of rotatable bonds is 4. The summed E-state index contributed by atoms with van der Waals surface area (Å²) in [5, 5.41) is 11.8. The number of amides is 1. The highest BCUT2D eigenvalue weighted by atomic mass is 16.4. The molecular weight excluding hydrogens is 208 g/mol.